The highest BCUT2D eigenvalue weighted by atomic mass is 16.1. The molecule has 22 heavy (non-hydrogen) atoms. The number of aryl methyl sites for hydroxylation is 2. The largest absolute Gasteiger partial charge is 0.352 e. The molecule has 0 bridgehead atoms. The minimum atomic E-state index is -0.0319. The number of amides is 1. The van der Waals surface area contributed by atoms with Crippen LogP contribution in [0.1, 0.15) is 27.2 Å². The molecule has 0 spiro atoms. The van der Waals surface area contributed by atoms with Crippen molar-refractivity contribution >= 4 is 11.6 Å². The monoisotopic (exact) mass is 293 g/mol. The molecule has 0 atom stereocenters. The van der Waals surface area contributed by atoms with Crippen molar-refractivity contribution in [2.45, 2.75) is 20.3 Å². The standard InChI is InChI=1S/C18H19N3O/c1-13-9-14(2)11-15(10-13)18(22)19-7-6-16-12-21-8-4-3-5-17(21)20-16/h3-5,8-12H,6-7H2,1-2H3,(H,19,22). The number of hydrogen-bond acceptors (Lipinski definition) is 2. The lowest BCUT2D eigenvalue weighted by molar-refractivity contribution is 0.0954. The number of carbonyl (C=O) groups excluding carboxylic acids is 1. The van der Waals surface area contributed by atoms with Crippen LogP contribution in [0.2, 0.25) is 0 Å². The zero-order valence-corrected chi connectivity index (χ0v) is 12.8. The second kappa shape index (κ2) is 6.02. The molecular formula is C18H19N3O. The first-order valence-corrected chi connectivity index (χ1v) is 7.41. The van der Waals surface area contributed by atoms with Crippen LogP contribution in [0.3, 0.4) is 0 Å². The van der Waals surface area contributed by atoms with Crippen molar-refractivity contribution in [3.8, 4) is 0 Å². The highest BCUT2D eigenvalue weighted by Gasteiger charge is 2.07. The molecule has 0 aliphatic carbocycles. The second-order valence-electron chi connectivity index (χ2n) is 5.58. The number of pyridine rings is 1. The topological polar surface area (TPSA) is 46.4 Å². The number of carbonyl (C=O) groups is 1. The number of hydrogen-bond donors (Lipinski definition) is 1. The van der Waals surface area contributed by atoms with Crippen LogP contribution in [-0.2, 0) is 6.42 Å². The summed E-state index contributed by atoms with van der Waals surface area (Å²) in [6, 6.07) is 11.8. The first-order valence-electron chi connectivity index (χ1n) is 7.41. The van der Waals surface area contributed by atoms with Gasteiger partial charge in [0.25, 0.3) is 5.91 Å². The Hall–Kier alpha value is -2.62. The van der Waals surface area contributed by atoms with Gasteiger partial charge in [0.1, 0.15) is 5.65 Å². The number of nitrogens with one attached hydrogen (secondary N) is 1. The van der Waals surface area contributed by atoms with E-state index < -0.39 is 0 Å². The van der Waals surface area contributed by atoms with Gasteiger partial charge in [-0.2, -0.15) is 0 Å². The molecule has 4 nitrogen and oxygen atoms in total. The third-order valence-corrected chi connectivity index (χ3v) is 3.56. The van der Waals surface area contributed by atoms with E-state index in [1.165, 1.54) is 0 Å². The summed E-state index contributed by atoms with van der Waals surface area (Å²) in [6.07, 6.45) is 4.69. The molecular weight excluding hydrogens is 274 g/mol. The smallest absolute Gasteiger partial charge is 0.251 e. The summed E-state index contributed by atoms with van der Waals surface area (Å²) < 4.78 is 1.99. The second-order valence-corrected chi connectivity index (χ2v) is 5.58. The summed E-state index contributed by atoms with van der Waals surface area (Å²) in [5.41, 5.74) is 4.83. The molecule has 3 aromatic rings. The van der Waals surface area contributed by atoms with E-state index in [2.05, 4.69) is 16.4 Å². The van der Waals surface area contributed by atoms with Crippen molar-refractivity contribution in [2.24, 2.45) is 0 Å². The zero-order valence-electron chi connectivity index (χ0n) is 12.8. The number of fused-ring (bicyclic) bond motifs is 1. The first-order chi connectivity index (χ1) is 10.6. The summed E-state index contributed by atoms with van der Waals surface area (Å²) in [5, 5.41) is 2.96. The van der Waals surface area contributed by atoms with E-state index in [-0.39, 0.29) is 5.91 Å². The predicted molar refractivity (Wildman–Crippen MR) is 87.1 cm³/mol. The quantitative estimate of drug-likeness (QED) is 0.804. The fourth-order valence-electron chi connectivity index (χ4n) is 2.62. The van der Waals surface area contributed by atoms with Crippen molar-refractivity contribution in [2.75, 3.05) is 6.54 Å². The Bertz CT molecular complexity index is 767. The van der Waals surface area contributed by atoms with Gasteiger partial charge in [0.05, 0.1) is 5.69 Å². The first kappa shape index (κ1) is 14.3. The summed E-state index contributed by atoms with van der Waals surface area (Å²) in [7, 11) is 0. The maximum atomic E-state index is 12.2. The van der Waals surface area contributed by atoms with Crippen molar-refractivity contribution in [1.82, 2.24) is 14.7 Å². The van der Waals surface area contributed by atoms with Gasteiger partial charge < -0.3 is 9.72 Å². The summed E-state index contributed by atoms with van der Waals surface area (Å²) in [5.74, 6) is -0.0319. The van der Waals surface area contributed by atoms with Crippen LogP contribution in [-0.4, -0.2) is 21.8 Å². The van der Waals surface area contributed by atoms with Crippen molar-refractivity contribution in [1.29, 1.82) is 0 Å². The molecule has 1 aromatic carbocycles. The highest BCUT2D eigenvalue weighted by molar-refractivity contribution is 5.94. The van der Waals surface area contributed by atoms with Crippen LogP contribution < -0.4 is 5.32 Å². The maximum Gasteiger partial charge on any atom is 0.251 e. The molecule has 2 aromatic heterocycles. The van der Waals surface area contributed by atoms with E-state index in [1.807, 2.05) is 61.0 Å². The molecule has 4 heteroatoms. The van der Waals surface area contributed by atoms with Crippen molar-refractivity contribution < 1.29 is 4.79 Å². The predicted octanol–water partition coefficient (Wildman–Crippen LogP) is 2.92. The van der Waals surface area contributed by atoms with Gasteiger partial charge in [0.15, 0.2) is 0 Å². The average Bonchev–Trinajstić information content (AvgIpc) is 2.88. The molecule has 0 aliphatic rings. The molecule has 2 heterocycles. The minimum Gasteiger partial charge on any atom is -0.352 e. The third-order valence-electron chi connectivity index (χ3n) is 3.56. The lowest BCUT2D eigenvalue weighted by Crippen LogP contribution is -2.25. The van der Waals surface area contributed by atoms with Gasteiger partial charge in [0.2, 0.25) is 0 Å². The Morgan fingerprint density at radius 1 is 1.18 bits per heavy atom. The fraction of sp³-hybridized carbons (Fsp3) is 0.222. The van der Waals surface area contributed by atoms with Gasteiger partial charge in [0, 0.05) is 30.9 Å². The zero-order chi connectivity index (χ0) is 15.5. The van der Waals surface area contributed by atoms with Crippen LogP contribution in [0.15, 0.2) is 48.8 Å². The highest BCUT2D eigenvalue weighted by Crippen LogP contribution is 2.09. The van der Waals surface area contributed by atoms with E-state index in [0.717, 1.165) is 28.9 Å². The van der Waals surface area contributed by atoms with E-state index in [9.17, 15) is 4.79 Å². The van der Waals surface area contributed by atoms with E-state index in [0.29, 0.717) is 12.1 Å². The maximum absolute atomic E-state index is 12.2. The molecule has 1 N–H and O–H groups in total. The normalized spacial score (nSPS) is 10.8. The lowest BCUT2D eigenvalue weighted by Gasteiger charge is -2.06. The van der Waals surface area contributed by atoms with Gasteiger partial charge in [-0.25, -0.2) is 4.98 Å². The van der Waals surface area contributed by atoms with Gasteiger partial charge >= 0.3 is 0 Å². The molecule has 0 unspecified atom stereocenters. The van der Waals surface area contributed by atoms with Crippen LogP contribution >= 0.6 is 0 Å². The lowest BCUT2D eigenvalue weighted by atomic mass is 10.1. The molecule has 112 valence electrons. The molecule has 0 fully saturated rings. The minimum absolute atomic E-state index is 0.0319. The summed E-state index contributed by atoms with van der Waals surface area (Å²) in [6.45, 7) is 4.58. The number of nitrogens with zero attached hydrogens (tertiary/aromatic N) is 2. The fourth-order valence-corrected chi connectivity index (χ4v) is 2.62. The van der Waals surface area contributed by atoms with Crippen LogP contribution in [0.5, 0.6) is 0 Å². The average molecular weight is 293 g/mol. The number of rotatable bonds is 4. The van der Waals surface area contributed by atoms with Crippen molar-refractivity contribution in [3.05, 3.63) is 71.2 Å². The van der Waals surface area contributed by atoms with Gasteiger partial charge in [-0.1, -0.05) is 23.3 Å². The van der Waals surface area contributed by atoms with Gasteiger partial charge in [-0.05, 0) is 38.1 Å². The molecule has 0 saturated carbocycles. The molecule has 3 rings (SSSR count). The SMILES string of the molecule is Cc1cc(C)cc(C(=O)NCCc2cn3ccccc3n2)c1. The van der Waals surface area contributed by atoms with Gasteiger partial charge in [-0.15, -0.1) is 0 Å². The number of benzene rings is 1. The van der Waals surface area contributed by atoms with E-state index in [4.69, 9.17) is 0 Å². The molecule has 0 saturated heterocycles. The Labute approximate surface area is 129 Å². The molecule has 0 radical (unpaired) electrons. The Kier molecular flexibility index (Phi) is 3.92. The molecule has 1 amide bonds. The Morgan fingerprint density at radius 3 is 2.68 bits per heavy atom. The number of aromatic nitrogens is 2. The summed E-state index contributed by atoms with van der Waals surface area (Å²) >= 11 is 0. The van der Waals surface area contributed by atoms with Crippen LogP contribution in [0, 0.1) is 13.8 Å². The summed E-state index contributed by atoms with van der Waals surface area (Å²) in [4.78, 5) is 16.7. The van der Waals surface area contributed by atoms with Crippen molar-refractivity contribution in [3.63, 3.8) is 0 Å². The third kappa shape index (κ3) is 3.17. The van der Waals surface area contributed by atoms with E-state index >= 15 is 0 Å². The van der Waals surface area contributed by atoms with E-state index in [1.54, 1.807) is 0 Å². The Balaban J connectivity index is 1.61. The number of imidazole rings is 1. The van der Waals surface area contributed by atoms with Gasteiger partial charge in [-0.3, -0.25) is 4.79 Å². The molecule has 0 aliphatic heterocycles. The van der Waals surface area contributed by atoms with Crippen LogP contribution in [0.4, 0.5) is 0 Å². The van der Waals surface area contributed by atoms with Crippen LogP contribution in [0.25, 0.3) is 5.65 Å². The Morgan fingerprint density at radius 2 is 1.95 bits per heavy atom.